The zero-order valence-corrected chi connectivity index (χ0v) is 16.4. The molecule has 2 heterocycles. The van der Waals surface area contributed by atoms with Gasteiger partial charge in [-0.1, -0.05) is 42.5 Å². The maximum atomic E-state index is 13.5. The van der Waals surface area contributed by atoms with Crippen molar-refractivity contribution in [3.05, 3.63) is 65.2 Å². The summed E-state index contributed by atoms with van der Waals surface area (Å²) in [6, 6.07) is 14.2. The Hall–Kier alpha value is -3.15. The lowest BCUT2D eigenvalue weighted by Gasteiger charge is -2.34. The molecule has 29 heavy (non-hydrogen) atoms. The molecule has 4 amide bonds. The van der Waals surface area contributed by atoms with Gasteiger partial charge in [-0.2, -0.15) is 0 Å². The maximum Gasteiger partial charge on any atom is 0.326 e. The van der Waals surface area contributed by atoms with Gasteiger partial charge in [0, 0.05) is 12.2 Å². The van der Waals surface area contributed by atoms with Crippen LogP contribution in [0.2, 0.25) is 0 Å². The van der Waals surface area contributed by atoms with E-state index < -0.39 is 17.6 Å². The van der Waals surface area contributed by atoms with Crippen LogP contribution in [0.1, 0.15) is 36.5 Å². The zero-order chi connectivity index (χ0) is 20.2. The SMILES string of the molecule is C[C@H](C(=O)N1CCc2ccccc21)N1C(=O)N[C@]2(CCCc3ccccc32)C1=O. The summed E-state index contributed by atoms with van der Waals surface area (Å²) in [6.07, 6.45) is 3.05. The minimum Gasteiger partial charge on any atom is -0.319 e. The van der Waals surface area contributed by atoms with Gasteiger partial charge in [-0.25, -0.2) is 9.69 Å². The molecule has 1 aliphatic carbocycles. The number of amides is 4. The predicted octanol–water partition coefficient (Wildman–Crippen LogP) is 2.75. The van der Waals surface area contributed by atoms with Crippen molar-refractivity contribution in [3.63, 3.8) is 0 Å². The van der Waals surface area contributed by atoms with Crippen LogP contribution in [-0.4, -0.2) is 35.3 Å². The van der Waals surface area contributed by atoms with Gasteiger partial charge in [0.15, 0.2) is 0 Å². The summed E-state index contributed by atoms with van der Waals surface area (Å²) >= 11 is 0. The molecule has 0 aromatic heterocycles. The topological polar surface area (TPSA) is 69.7 Å². The molecule has 1 fully saturated rings. The number of nitrogens with one attached hydrogen (secondary N) is 1. The van der Waals surface area contributed by atoms with E-state index >= 15 is 0 Å². The molecule has 0 radical (unpaired) electrons. The smallest absolute Gasteiger partial charge is 0.319 e. The molecule has 1 spiro atoms. The second kappa shape index (κ2) is 6.44. The molecule has 2 aliphatic heterocycles. The van der Waals surface area contributed by atoms with E-state index in [4.69, 9.17) is 0 Å². The van der Waals surface area contributed by atoms with Crippen molar-refractivity contribution in [2.24, 2.45) is 0 Å². The number of benzene rings is 2. The van der Waals surface area contributed by atoms with Crippen LogP contribution in [-0.2, 0) is 28.0 Å². The number of fused-ring (bicyclic) bond motifs is 3. The third-order valence-electron chi connectivity index (χ3n) is 6.50. The number of para-hydroxylation sites is 1. The first-order valence-electron chi connectivity index (χ1n) is 10.2. The molecule has 1 N–H and O–H groups in total. The molecule has 1 saturated heterocycles. The molecule has 2 aromatic rings. The minimum atomic E-state index is -1.05. The first-order valence-corrected chi connectivity index (χ1v) is 10.2. The highest BCUT2D eigenvalue weighted by Gasteiger charge is 2.56. The summed E-state index contributed by atoms with van der Waals surface area (Å²) in [5.74, 6) is -0.539. The van der Waals surface area contributed by atoms with Crippen molar-refractivity contribution < 1.29 is 14.4 Å². The van der Waals surface area contributed by atoms with Gasteiger partial charge < -0.3 is 10.2 Å². The van der Waals surface area contributed by atoms with Crippen molar-refractivity contribution in [1.82, 2.24) is 10.2 Å². The van der Waals surface area contributed by atoms with Gasteiger partial charge in [-0.05, 0) is 55.4 Å². The Morgan fingerprint density at radius 3 is 2.59 bits per heavy atom. The number of urea groups is 1. The van der Waals surface area contributed by atoms with Gasteiger partial charge in [0.25, 0.3) is 5.91 Å². The average molecular weight is 389 g/mol. The van der Waals surface area contributed by atoms with Gasteiger partial charge in [0.1, 0.15) is 11.6 Å². The minimum absolute atomic E-state index is 0.223. The molecule has 6 nitrogen and oxygen atoms in total. The standard InChI is InChI=1S/C23H23N3O3/c1-15(20(27)25-14-12-17-8-3-5-11-19(17)25)26-21(28)23(24-22(26)29)13-6-9-16-7-2-4-10-18(16)23/h2-5,7-8,10-11,15H,6,9,12-14H2,1H3,(H,24,29)/t15-,23+/m1/s1. The van der Waals surface area contributed by atoms with E-state index in [1.54, 1.807) is 11.8 Å². The highest BCUT2D eigenvalue weighted by Crippen LogP contribution is 2.40. The third kappa shape index (κ3) is 2.51. The highest BCUT2D eigenvalue weighted by atomic mass is 16.2. The summed E-state index contributed by atoms with van der Waals surface area (Å²) in [5, 5.41) is 2.94. The number of hydrogen-bond donors (Lipinski definition) is 1. The van der Waals surface area contributed by atoms with Crippen LogP contribution in [0.5, 0.6) is 0 Å². The lowest BCUT2D eigenvalue weighted by molar-refractivity contribution is -0.137. The number of anilines is 1. The summed E-state index contributed by atoms with van der Waals surface area (Å²) < 4.78 is 0. The Kier molecular flexibility index (Phi) is 3.98. The molecular formula is C23H23N3O3. The summed E-state index contributed by atoms with van der Waals surface area (Å²) in [4.78, 5) is 42.5. The first kappa shape index (κ1) is 17.9. The molecule has 148 valence electrons. The Bertz CT molecular complexity index is 1030. The Morgan fingerprint density at radius 2 is 1.76 bits per heavy atom. The Balaban J connectivity index is 1.46. The van der Waals surface area contributed by atoms with E-state index in [1.165, 1.54) is 0 Å². The van der Waals surface area contributed by atoms with Crippen molar-refractivity contribution >= 4 is 23.5 Å². The maximum absolute atomic E-state index is 13.5. The Morgan fingerprint density at radius 1 is 1.03 bits per heavy atom. The van der Waals surface area contributed by atoms with Gasteiger partial charge in [-0.15, -0.1) is 0 Å². The quantitative estimate of drug-likeness (QED) is 0.803. The average Bonchev–Trinajstić information content (AvgIpc) is 3.27. The van der Waals surface area contributed by atoms with E-state index in [1.807, 2.05) is 48.5 Å². The summed E-state index contributed by atoms with van der Waals surface area (Å²) in [6.45, 7) is 2.22. The lowest BCUT2D eigenvalue weighted by Crippen LogP contribution is -2.51. The summed E-state index contributed by atoms with van der Waals surface area (Å²) in [5.41, 5.74) is 2.88. The van der Waals surface area contributed by atoms with Crippen molar-refractivity contribution in [2.75, 3.05) is 11.4 Å². The normalized spacial score (nSPS) is 23.8. The van der Waals surface area contributed by atoms with Crippen molar-refractivity contribution in [2.45, 2.75) is 44.2 Å². The molecular weight excluding hydrogens is 366 g/mol. The molecule has 5 rings (SSSR count). The van der Waals surface area contributed by atoms with Crippen LogP contribution in [0.15, 0.2) is 48.5 Å². The van der Waals surface area contributed by atoms with Crippen LogP contribution < -0.4 is 10.2 Å². The number of imide groups is 1. The molecule has 0 saturated carbocycles. The lowest BCUT2D eigenvalue weighted by atomic mass is 9.76. The zero-order valence-electron chi connectivity index (χ0n) is 16.4. The third-order valence-corrected chi connectivity index (χ3v) is 6.50. The van der Waals surface area contributed by atoms with Crippen molar-refractivity contribution in [1.29, 1.82) is 0 Å². The Labute approximate surface area is 169 Å². The van der Waals surface area contributed by atoms with Crippen LogP contribution in [0.25, 0.3) is 0 Å². The van der Waals surface area contributed by atoms with Crippen LogP contribution in [0.3, 0.4) is 0 Å². The van der Waals surface area contributed by atoms with Gasteiger partial charge in [0.05, 0.1) is 0 Å². The molecule has 0 bridgehead atoms. The fourth-order valence-corrected chi connectivity index (χ4v) is 5.03. The first-order chi connectivity index (χ1) is 14.0. The van der Waals surface area contributed by atoms with Gasteiger partial charge in [-0.3, -0.25) is 9.59 Å². The predicted molar refractivity (Wildman–Crippen MR) is 108 cm³/mol. The highest BCUT2D eigenvalue weighted by molar-refractivity contribution is 6.12. The van der Waals surface area contributed by atoms with E-state index in [2.05, 4.69) is 5.32 Å². The second-order valence-electron chi connectivity index (χ2n) is 8.07. The number of carbonyl (C=O) groups is 3. The van der Waals surface area contributed by atoms with E-state index in [-0.39, 0.29) is 11.8 Å². The van der Waals surface area contributed by atoms with Crippen LogP contribution in [0.4, 0.5) is 10.5 Å². The summed E-state index contributed by atoms with van der Waals surface area (Å²) in [7, 11) is 0. The molecule has 2 atom stereocenters. The van der Waals surface area contributed by atoms with E-state index in [9.17, 15) is 14.4 Å². The number of aryl methyl sites for hydroxylation is 1. The number of hydrogen-bond acceptors (Lipinski definition) is 3. The van der Waals surface area contributed by atoms with Crippen LogP contribution >= 0.6 is 0 Å². The largest absolute Gasteiger partial charge is 0.326 e. The van der Waals surface area contributed by atoms with E-state index in [0.29, 0.717) is 13.0 Å². The fourth-order valence-electron chi connectivity index (χ4n) is 5.03. The molecule has 3 aliphatic rings. The molecule has 6 heteroatoms. The second-order valence-corrected chi connectivity index (χ2v) is 8.07. The van der Waals surface area contributed by atoms with Crippen LogP contribution in [0, 0.1) is 0 Å². The monoisotopic (exact) mass is 389 g/mol. The molecule has 2 aromatic carbocycles. The molecule has 0 unspecified atom stereocenters. The van der Waals surface area contributed by atoms with Gasteiger partial charge >= 0.3 is 6.03 Å². The van der Waals surface area contributed by atoms with Crippen molar-refractivity contribution in [3.8, 4) is 0 Å². The number of rotatable bonds is 2. The van der Waals surface area contributed by atoms with E-state index in [0.717, 1.165) is 46.5 Å². The number of nitrogens with zero attached hydrogens (tertiary/aromatic N) is 2. The van der Waals surface area contributed by atoms with Gasteiger partial charge in [0.2, 0.25) is 5.91 Å². The number of carbonyl (C=O) groups excluding carboxylic acids is 3. The fraction of sp³-hybridized carbons (Fsp3) is 0.348.